The molecule has 98 heavy (non-hydrogen) atoms. The predicted octanol–water partition coefficient (Wildman–Crippen LogP) is 19.6. The summed E-state index contributed by atoms with van der Waals surface area (Å²) in [5.41, 5.74) is 11.3. The zero-order valence-corrected chi connectivity index (χ0v) is 51.0. The summed E-state index contributed by atoms with van der Waals surface area (Å²) in [7, 11) is 0. The summed E-state index contributed by atoms with van der Waals surface area (Å²) >= 11 is 0. The van der Waals surface area contributed by atoms with Gasteiger partial charge in [-0.15, -0.1) is 0 Å². The minimum atomic E-state index is -0.597. The first kappa shape index (κ1) is 39.4. The molecule has 12 heteroatoms. The molecule has 13 aromatic carbocycles. The molecule has 0 saturated heterocycles. The maximum absolute atomic E-state index is 9.64. The molecule has 0 amide bonds. The van der Waals surface area contributed by atoms with E-state index in [1.54, 1.807) is 0 Å². The summed E-state index contributed by atoms with van der Waals surface area (Å²) in [6.07, 6.45) is 0. The standard InChI is InChI=1S/C86H50N12/c1-2-32-58-57(31-1)75-61-45-47-73-76(59-33-11-21-43-71(59)97(73)85-89-81(93-63-35-13-3-23-49(63)50-24-4-14-36-64(50)93)87-82(90-85)94-65-37-15-5-25-51(65)52-26-6-16-38-66(52)94)79(61)78(58)80-62(75)46-48-74-77(80)60-34-12-22-44-72(60)98(74)86-91-83(95-67-39-17-7-27-53(67)54-28-8-18-40-68(54)95)88-84(92-86)96-69-41-19-9-29-55(69)56-30-10-20-42-70(56)96/h1-48,75,78H/i3D,4D,7D,8D,13D,14D,17D,18D,23D,24D,27D,28D,35D,36D,39D,40D. The fourth-order valence-electron chi connectivity index (χ4n) is 16.6. The third-order valence-corrected chi connectivity index (χ3v) is 20.3. The van der Waals surface area contributed by atoms with Gasteiger partial charge in [-0.1, -0.05) is 218 Å². The van der Waals surface area contributed by atoms with Gasteiger partial charge in [0.2, 0.25) is 35.7 Å². The minimum Gasteiger partial charge on any atom is -0.278 e. The maximum Gasteiger partial charge on any atom is 0.241 e. The number of hydrogen-bond acceptors (Lipinski definition) is 6. The van der Waals surface area contributed by atoms with Gasteiger partial charge in [-0.05, 0) is 106 Å². The number of hydrogen-bond donors (Lipinski definition) is 0. The predicted molar refractivity (Wildman–Crippen MR) is 394 cm³/mol. The topological polar surface area (TPSA) is 107 Å². The molecule has 8 heterocycles. The molecule has 12 nitrogen and oxygen atoms in total. The lowest BCUT2D eigenvalue weighted by molar-refractivity contribution is 0.767. The monoisotopic (exact) mass is 1270 g/mol. The molecule has 2 bridgehead atoms. The highest BCUT2D eigenvalue weighted by Gasteiger charge is 2.45. The molecule has 0 fully saturated rings. The Balaban J connectivity index is 0.814. The zero-order valence-electron chi connectivity index (χ0n) is 67.0. The number of rotatable bonds is 6. The molecule has 3 aliphatic carbocycles. The van der Waals surface area contributed by atoms with E-state index < -0.39 is 103 Å². The van der Waals surface area contributed by atoms with Gasteiger partial charge in [0.15, 0.2) is 0 Å². The van der Waals surface area contributed by atoms with Crippen molar-refractivity contribution in [2.45, 2.75) is 11.8 Å². The Bertz CT molecular complexity index is 7420. The van der Waals surface area contributed by atoms with E-state index in [9.17, 15) is 11.0 Å². The molecule has 454 valence electrons. The first-order chi connectivity index (χ1) is 55.3. The van der Waals surface area contributed by atoms with Gasteiger partial charge in [-0.25, -0.2) is 0 Å². The molecular weight excluding hydrogens is 1200 g/mol. The van der Waals surface area contributed by atoms with Crippen molar-refractivity contribution in [2.24, 2.45) is 0 Å². The largest absolute Gasteiger partial charge is 0.278 e. The van der Waals surface area contributed by atoms with Crippen LogP contribution in [0.5, 0.6) is 0 Å². The summed E-state index contributed by atoms with van der Waals surface area (Å²) in [5.74, 6) is -0.891. The lowest BCUT2D eigenvalue weighted by atomic mass is 9.59. The van der Waals surface area contributed by atoms with Crippen molar-refractivity contribution in [2.75, 3.05) is 0 Å². The molecular formula is C86H50N12. The fourth-order valence-corrected chi connectivity index (χ4v) is 16.6. The van der Waals surface area contributed by atoms with Crippen molar-refractivity contribution >= 4 is 131 Å². The minimum absolute atomic E-state index is 0.0746. The quantitative estimate of drug-likeness (QED) is 0.164. The van der Waals surface area contributed by atoms with Crippen molar-refractivity contribution in [3.63, 3.8) is 0 Å². The van der Waals surface area contributed by atoms with Crippen LogP contribution >= 0.6 is 0 Å². The van der Waals surface area contributed by atoms with Crippen molar-refractivity contribution in [1.29, 1.82) is 0 Å². The van der Waals surface area contributed by atoms with Crippen LogP contribution in [0.4, 0.5) is 0 Å². The van der Waals surface area contributed by atoms with Gasteiger partial charge in [-0.2, -0.15) is 29.9 Å². The van der Waals surface area contributed by atoms with Crippen LogP contribution in [0.2, 0.25) is 0 Å². The normalized spacial score (nSPS) is 16.6. The molecule has 0 aliphatic heterocycles. The molecule has 0 unspecified atom stereocenters. The van der Waals surface area contributed by atoms with E-state index in [0.717, 1.165) is 98.5 Å². The first-order valence-electron chi connectivity index (χ1n) is 40.1. The van der Waals surface area contributed by atoms with Crippen LogP contribution in [0.15, 0.2) is 291 Å². The van der Waals surface area contributed by atoms with Gasteiger partial charge in [0.25, 0.3) is 0 Å². The van der Waals surface area contributed by atoms with Crippen molar-refractivity contribution in [3.8, 4) is 35.7 Å². The van der Waals surface area contributed by atoms with Crippen LogP contribution in [0.1, 0.15) is 67.1 Å². The Labute approximate surface area is 579 Å². The Morgan fingerprint density at radius 1 is 0.204 bits per heavy atom. The Kier molecular flexibility index (Phi) is 7.71. The van der Waals surface area contributed by atoms with E-state index in [4.69, 9.17) is 40.9 Å². The molecule has 21 aromatic rings. The van der Waals surface area contributed by atoms with Gasteiger partial charge < -0.3 is 0 Å². The molecule has 0 saturated carbocycles. The molecule has 8 aromatic heterocycles. The zero-order chi connectivity index (χ0) is 77.5. The Morgan fingerprint density at radius 3 is 0.776 bits per heavy atom. The first-order valence-corrected chi connectivity index (χ1v) is 32.1. The van der Waals surface area contributed by atoms with E-state index in [2.05, 4.69) is 60.7 Å². The third-order valence-electron chi connectivity index (χ3n) is 20.3. The number of para-hydroxylation sites is 10. The average molecular weight is 1270 g/mol. The van der Waals surface area contributed by atoms with E-state index in [0.29, 0.717) is 22.1 Å². The van der Waals surface area contributed by atoms with Crippen LogP contribution < -0.4 is 0 Å². The summed E-state index contributed by atoms with van der Waals surface area (Å²) in [4.78, 5) is 32.4. The van der Waals surface area contributed by atoms with Gasteiger partial charge >= 0.3 is 0 Å². The van der Waals surface area contributed by atoms with E-state index in [1.165, 1.54) is 9.13 Å². The van der Waals surface area contributed by atoms with Gasteiger partial charge in [0, 0.05) is 76.5 Å². The SMILES string of the molecule is [2H]c1c([2H])c([2H])c2c(c1[2H])c1c([2H])c([2H])c([2H])c([2H])c1n2-c1nc(-n2c3ccccc3c3ccccc32)nc(-n2c3ccccc3c3c4c(ccc32)C2c3ccccc3C4c3c2ccc2c3c3ccccc3n2-c2nc(-n3c4ccccc4c4ccccc43)nc(-n3c4c([2H])c([2H])c([2H])c([2H])c4c4c([2H])c([2H])c([2H])c([2H])c43)n2)n1. The molecule has 3 aliphatic rings. The smallest absolute Gasteiger partial charge is 0.241 e. The molecule has 0 radical (unpaired) electrons. The van der Waals surface area contributed by atoms with Crippen LogP contribution in [-0.4, -0.2) is 57.3 Å². The van der Waals surface area contributed by atoms with E-state index in [-0.39, 0.29) is 85.2 Å². The maximum atomic E-state index is 9.64. The second-order valence-electron chi connectivity index (χ2n) is 24.9. The van der Waals surface area contributed by atoms with Crippen LogP contribution in [0.3, 0.4) is 0 Å². The number of fused-ring (bicyclic) bond motifs is 18. The van der Waals surface area contributed by atoms with Crippen molar-refractivity contribution < 1.29 is 21.9 Å². The summed E-state index contributed by atoms with van der Waals surface area (Å²) in [6, 6.07) is 55.5. The second kappa shape index (κ2) is 19.2. The van der Waals surface area contributed by atoms with E-state index in [1.807, 2.05) is 152 Å². The molecule has 0 N–H and O–H groups in total. The highest BCUT2D eigenvalue weighted by Crippen LogP contribution is 2.61. The third kappa shape index (κ3) is 6.76. The lowest BCUT2D eigenvalue weighted by Crippen LogP contribution is -2.28. The van der Waals surface area contributed by atoms with Crippen molar-refractivity contribution in [3.05, 3.63) is 324 Å². The highest BCUT2D eigenvalue weighted by atomic mass is 15.3. The average Bonchev–Trinajstić information content (AvgIpc) is 1.32. The molecule has 0 spiro atoms. The molecule has 24 rings (SSSR count). The highest BCUT2D eigenvalue weighted by molar-refractivity contribution is 6.17. The van der Waals surface area contributed by atoms with Crippen LogP contribution in [0.25, 0.3) is 167 Å². The Hall–Kier alpha value is -13.3. The van der Waals surface area contributed by atoms with Gasteiger partial charge in [0.05, 0.1) is 88.1 Å². The number of benzene rings is 13. The number of aromatic nitrogens is 12. The van der Waals surface area contributed by atoms with Crippen LogP contribution in [0, 0.1) is 0 Å². The van der Waals surface area contributed by atoms with Crippen LogP contribution in [-0.2, 0) is 0 Å². The van der Waals surface area contributed by atoms with E-state index >= 15 is 0 Å². The van der Waals surface area contributed by atoms with Gasteiger partial charge in [0.1, 0.15) is 0 Å². The lowest BCUT2D eigenvalue weighted by Gasteiger charge is -2.43. The van der Waals surface area contributed by atoms with Crippen molar-refractivity contribution in [1.82, 2.24) is 57.3 Å². The molecule has 0 atom stereocenters. The summed E-state index contributed by atoms with van der Waals surface area (Å²) in [5, 5.41) is 6.41. The number of nitrogens with zero attached hydrogens (tertiary/aromatic N) is 12. The Morgan fingerprint density at radius 2 is 0.449 bits per heavy atom. The summed E-state index contributed by atoms with van der Waals surface area (Å²) in [6.45, 7) is 0. The second-order valence-corrected chi connectivity index (χ2v) is 24.9. The fraction of sp³-hybridized carbons (Fsp3) is 0.0233. The van der Waals surface area contributed by atoms with Gasteiger partial charge in [-0.3, -0.25) is 27.4 Å². The summed E-state index contributed by atoms with van der Waals surface area (Å²) < 4.78 is 159.